The Morgan fingerprint density at radius 3 is 2.00 bits per heavy atom. The highest BCUT2D eigenvalue weighted by atomic mass is 19.1. The van der Waals surface area contributed by atoms with E-state index in [-0.39, 0.29) is 5.56 Å². The van der Waals surface area contributed by atoms with Crippen molar-refractivity contribution in [2.75, 3.05) is 19.1 Å². The van der Waals surface area contributed by atoms with Crippen LogP contribution in [0.25, 0.3) is 5.57 Å². The van der Waals surface area contributed by atoms with Gasteiger partial charge in [-0.05, 0) is 48.0 Å². The van der Waals surface area contributed by atoms with Gasteiger partial charge in [0, 0.05) is 16.8 Å². The first-order chi connectivity index (χ1) is 14.5. The molecule has 1 aliphatic rings. The van der Waals surface area contributed by atoms with Gasteiger partial charge < -0.3 is 14.6 Å². The Balaban J connectivity index is 1.88. The number of aliphatic hydroxyl groups is 1. The van der Waals surface area contributed by atoms with Crippen LogP contribution >= 0.6 is 0 Å². The molecule has 0 saturated carbocycles. The Bertz CT molecular complexity index is 1110. The van der Waals surface area contributed by atoms with Crippen molar-refractivity contribution in [2.24, 2.45) is 0 Å². The van der Waals surface area contributed by atoms with Gasteiger partial charge in [0.25, 0.3) is 5.91 Å². The molecule has 152 valence electrons. The second-order valence-corrected chi connectivity index (χ2v) is 6.79. The smallest absolute Gasteiger partial charge is 0.294 e. The van der Waals surface area contributed by atoms with Gasteiger partial charge in [-0.25, -0.2) is 4.39 Å². The van der Waals surface area contributed by atoms with Crippen LogP contribution < -0.4 is 14.4 Å². The zero-order valence-corrected chi connectivity index (χ0v) is 16.5. The van der Waals surface area contributed by atoms with Crippen LogP contribution in [0.1, 0.15) is 17.2 Å². The van der Waals surface area contributed by atoms with Crippen molar-refractivity contribution in [3.8, 4) is 11.5 Å². The number of anilines is 1. The minimum Gasteiger partial charge on any atom is -0.503 e. The van der Waals surface area contributed by atoms with E-state index < -0.39 is 23.5 Å². The van der Waals surface area contributed by atoms with Crippen molar-refractivity contribution in [1.29, 1.82) is 0 Å². The fourth-order valence-corrected chi connectivity index (χ4v) is 3.67. The van der Waals surface area contributed by atoms with E-state index in [2.05, 4.69) is 0 Å². The van der Waals surface area contributed by atoms with Crippen LogP contribution in [0.5, 0.6) is 11.5 Å². The largest absolute Gasteiger partial charge is 0.503 e. The summed E-state index contributed by atoms with van der Waals surface area (Å²) in [5, 5.41) is 10.8. The Hall–Kier alpha value is -3.80. The zero-order valence-electron chi connectivity index (χ0n) is 16.5. The monoisotopic (exact) mass is 405 g/mol. The van der Waals surface area contributed by atoms with Crippen molar-refractivity contribution in [1.82, 2.24) is 0 Å². The van der Waals surface area contributed by atoms with Crippen LogP contribution in [-0.2, 0) is 4.79 Å². The highest BCUT2D eigenvalue weighted by Crippen LogP contribution is 2.46. The van der Waals surface area contributed by atoms with Crippen LogP contribution in [0.15, 0.2) is 78.6 Å². The molecule has 0 fully saturated rings. The van der Waals surface area contributed by atoms with Gasteiger partial charge in [0.15, 0.2) is 5.76 Å². The SMILES string of the molecule is COc1ccc(C2=C(O)C(=O)N(c3ccc(OC)cc3)[C@@H]2c2ccccc2F)cc1. The lowest BCUT2D eigenvalue weighted by Crippen LogP contribution is -2.30. The predicted molar refractivity (Wildman–Crippen MR) is 112 cm³/mol. The molecule has 1 amide bonds. The lowest BCUT2D eigenvalue weighted by atomic mass is 9.93. The molecular weight excluding hydrogens is 385 g/mol. The highest BCUT2D eigenvalue weighted by molar-refractivity contribution is 6.16. The van der Waals surface area contributed by atoms with Gasteiger partial charge in [0.2, 0.25) is 0 Å². The van der Waals surface area contributed by atoms with Crippen LogP contribution in [0, 0.1) is 5.82 Å². The molecule has 0 saturated heterocycles. The minimum absolute atomic E-state index is 0.288. The molecular formula is C24H20FNO4. The fourth-order valence-electron chi connectivity index (χ4n) is 3.67. The molecule has 1 aliphatic heterocycles. The normalized spacial score (nSPS) is 16.2. The van der Waals surface area contributed by atoms with Crippen molar-refractivity contribution in [2.45, 2.75) is 6.04 Å². The van der Waals surface area contributed by atoms with E-state index in [1.54, 1.807) is 80.9 Å². The Kier molecular flexibility index (Phi) is 5.14. The number of hydrogen-bond acceptors (Lipinski definition) is 4. The lowest BCUT2D eigenvalue weighted by molar-refractivity contribution is -0.117. The second-order valence-electron chi connectivity index (χ2n) is 6.79. The molecule has 1 atom stereocenters. The van der Waals surface area contributed by atoms with Crippen molar-refractivity contribution >= 4 is 17.2 Å². The van der Waals surface area contributed by atoms with Gasteiger partial charge in [-0.15, -0.1) is 0 Å². The first-order valence-corrected chi connectivity index (χ1v) is 9.34. The summed E-state index contributed by atoms with van der Waals surface area (Å²) in [6.07, 6.45) is 0. The fraction of sp³-hybridized carbons (Fsp3) is 0.125. The van der Waals surface area contributed by atoms with Crippen molar-refractivity contribution in [3.63, 3.8) is 0 Å². The molecule has 1 N–H and O–H groups in total. The maximum atomic E-state index is 14.8. The van der Waals surface area contributed by atoms with Crippen LogP contribution in [0.3, 0.4) is 0 Å². The maximum Gasteiger partial charge on any atom is 0.294 e. The molecule has 0 radical (unpaired) electrons. The topological polar surface area (TPSA) is 59.0 Å². The Morgan fingerprint density at radius 1 is 0.867 bits per heavy atom. The van der Waals surface area contributed by atoms with Gasteiger partial charge in [-0.1, -0.05) is 30.3 Å². The number of hydrogen-bond donors (Lipinski definition) is 1. The molecule has 3 aromatic carbocycles. The Morgan fingerprint density at radius 2 is 1.43 bits per heavy atom. The summed E-state index contributed by atoms with van der Waals surface area (Å²) in [5.74, 6) is -0.212. The maximum absolute atomic E-state index is 14.8. The Labute approximate surface area is 173 Å². The first-order valence-electron chi connectivity index (χ1n) is 9.34. The average molecular weight is 405 g/mol. The predicted octanol–water partition coefficient (Wildman–Crippen LogP) is 4.90. The standard InChI is InChI=1S/C24H20FNO4/c1-29-17-11-7-15(8-12-17)21-22(19-5-3-4-6-20(19)25)26(24(28)23(21)27)16-9-13-18(30-2)14-10-16/h3-14,22,27H,1-2H3/t22-/m1/s1. The number of halogens is 1. The molecule has 0 spiro atoms. The molecule has 1 heterocycles. The summed E-state index contributed by atoms with van der Waals surface area (Å²) >= 11 is 0. The summed E-state index contributed by atoms with van der Waals surface area (Å²) in [6, 6.07) is 19.2. The van der Waals surface area contributed by atoms with Crippen molar-refractivity contribution in [3.05, 3.63) is 95.5 Å². The molecule has 30 heavy (non-hydrogen) atoms. The summed E-state index contributed by atoms with van der Waals surface area (Å²) in [5.41, 5.74) is 1.75. The third-order valence-electron chi connectivity index (χ3n) is 5.16. The van der Waals surface area contributed by atoms with E-state index in [1.807, 2.05) is 0 Å². The first kappa shape index (κ1) is 19.5. The number of aliphatic hydroxyl groups excluding tert-OH is 1. The molecule has 5 nitrogen and oxygen atoms in total. The van der Waals surface area contributed by atoms with Gasteiger partial charge >= 0.3 is 0 Å². The molecule has 3 aromatic rings. The quantitative estimate of drug-likeness (QED) is 0.656. The molecule has 4 rings (SSSR count). The van der Waals surface area contributed by atoms with E-state index in [9.17, 15) is 14.3 Å². The van der Waals surface area contributed by atoms with Crippen molar-refractivity contribution < 1.29 is 23.8 Å². The molecule has 0 aromatic heterocycles. The number of methoxy groups -OCH3 is 2. The van der Waals surface area contributed by atoms with E-state index in [1.165, 1.54) is 11.0 Å². The number of rotatable bonds is 5. The second kappa shape index (κ2) is 7.91. The lowest BCUT2D eigenvalue weighted by Gasteiger charge is -2.28. The van der Waals surface area contributed by atoms with Gasteiger partial charge in [0.1, 0.15) is 17.3 Å². The molecule has 6 heteroatoms. The highest BCUT2D eigenvalue weighted by Gasteiger charge is 2.43. The number of amides is 1. The number of nitrogens with zero attached hydrogens (tertiary/aromatic N) is 1. The summed E-state index contributed by atoms with van der Waals surface area (Å²) < 4.78 is 25.2. The summed E-state index contributed by atoms with van der Waals surface area (Å²) in [7, 11) is 3.10. The van der Waals surface area contributed by atoms with E-state index in [0.717, 1.165) is 0 Å². The van der Waals surface area contributed by atoms with E-state index in [4.69, 9.17) is 9.47 Å². The summed E-state index contributed by atoms with van der Waals surface area (Å²) in [6.45, 7) is 0. The molecule has 0 unspecified atom stereocenters. The minimum atomic E-state index is -0.833. The average Bonchev–Trinajstić information content (AvgIpc) is 3.04. The number of carbonyl (C=O) groups is 1. The third-order valence-corrected chi connectivity index (χ3v) is 5.16. The van der Waals surface area contributed by atoms with Crippen LogP contribution in [-0.4, -0.2) is 25.2 Å². The third kappa shape index (κ3) is 3.26. The number of benzene rings is 3. The molecule has 0 bridgehead atoms. The van der Waals surface area contributed by atoms with E-state index >= 15 is 0 Å². The van der Waals surface area contributed by atoms with E-state index in [0.29, 0.717) is 28.3 Å². The zero-order chi connectivity index (χ0) is 21.3. The van der Waals surface area contributed by atoms with Gasteiger partial charge in [-0.3, -0.25) is 9.69 Å². The number of carbonyl (C=O) groups excluding carboxylic acids is 1. The van der Waals surface area contributed by atoms with Crippen LogP contribution in [0.4, 0.5) is 10.1 Å². The summed E-state index contributed by atoms with van der Waals surface area (Å²) in [4.78, 5) is 14.5. The molecule has 0 aliphatic carbocycles. The van der Waals surface area contributed by atoms with Gasteiger partial charge in [0.05, 0.1) is 20.3 Å². The van der Waals surface area contributed by atoms with Gasteiger partial charge in [-0.2, -0.15) is 0 Å². The van der Waals surface area contributed by atoms with Crippen LogP contribution in [0.2, 0.25) is 0 Å². The number of ether oxygens (including phenoxy) is 2.